The van der Waals surface area contributed by atoms with E-state index in [1.54, 1.807) is 19.1 Å². The second-order valence-corrected chi connectivity index (χ2v) is 7.30. The molecule has 3 atom stereocenters. The minimum Gasteiger partial charge on any atom is -0.388 e. The zero-order valence-electron chi connectivity index (χ0n) is 13.3. The van der Waals surface area contributed by atoms with Gasteiger partial charge in [0.25, 0.3) is 0 Å². The van der Waals surface area contributed by atoms with E-state index in [9.17, 15) is 10.2 Å². The van der Waals surface area contributed by atoms with Gasteiger partial charge in [-0.1, -0.05) is 40.6 Å². The molecule has 23 heavy (non-hydrogen) atoms. The number of nitrogens with zero attached hydrogens (tertiary/aromatic N) is 1. The Morgan fingerprint density at radius 3 is 2.52 bits per heavy atom. The van der Waals surface area contributed by atoms with Gasteiger partial charge in [-0.3, -0.25) is 5.32 Å². The van der Waals surface area contributed by atoms with Crippen LogP contribution in [0.2, 0.25) is 10.0 Å². The first-order valence-electron chi connectivity index (χ1n) is 7.34. The highest BCUT2D eigenvalue weighted by Crippen LogP contribution is 2.26. The molecule has 1 aromatic carbocycles. The van der Waals surface area contributed by atoms with E-state index in [1.807, 2.05) is 30.0 Å². The molecule has 2 aromatic rings. The molecule has 0 amide bonds. The van der Waals surface area contributed by atoms with Crippen molar-refractivity contribution < 1.29 is 14.8 Å². The van der Waals surface area contributed by atoms with Crippen LogP contribution in [0, 0.1) is 6.92 Å². The summed E-state index contributed by atoms with van der Waals surface area (Å²) in [5, 5.41) is 24.3. The Morgan fingerprint density at radius 1 is 1.26 bits per heavy atom. The lowest BCUT2D eigenvalue weighted by Gasteiger charge is -2.18. The molecule has 0 aliphatic carbocycles. The summed E-state index contributed by atoms with van der Waals surface area (Å²) >= 11 is 13.6. The zero-order chi connectivity index (χ0) is 17.1. The molecular formula is C16H21Cl2N2O2S+. The van der Waals surface area contributed by atoms with Crippen molar-refractivity contribution in [2.75, 3.05) is 0 Å². The van der Waals surface area contributed by atoms with Crippen LogP contribution in [0.5, 0.6) is 0 Å². The molecule has 0 saturated carbocycles. The minimum absolute atomic E-state index is 0.120. The molecule has 2 rings (SSSR count). The summed E-state index contributed by atoms with van der Waals surface area (Å²) in [6.07, 6.45) is -1.24. The summed E-state index contributed by atoms with van der Waals surface area (Å²) in [5.41, 5.74) is 3.75. The number of aromatic nitrogens is 1. The fourth-order valence-corrected chi connectivity index (χ4v) is 4.02. The Kier molecular flexibility index (Phi) is 6.42. The molecule has 0 spiro atoms. The quantitative estimate of drug-likeness (QED) is 0.535. The highest BCUT2D eigenvalue weighted by atomic mass is 35.5. The number of nitrogens with one attached hydrogen (secondary N) is 1. The third kappa shape index (κ3) is 4.66. The van der Waals surface area contributed by atoms with Crippen molar-refractivity contribution in [3.63, 3.8) is 0 Å². The fourth-order valence-electron chi connectivity index (χ4n) is 2.48. The van der Waals surface area contributed by atoms with Gasteiger partial charge in [0, 0.05) is 23.0 Å². The molecule has 0 radical (unpaired) electrons. The summed E-state index contributed by atoms with van der Waals surface area (Å²) in [7, 11) is 0. The van der Waals surface area contributed by atoms with Crippen LogP contribution in [0.4, 0.5) is 0 Å². The highest BCUT2D eigenvalue weighted by Gasteiger charge is 2.22. The molecule has 0 saturated heterocycles. The van der Waals surface area contributed by atoms with Crippen LogP contribution in [-0.4, -0.2) is 16.4 Å². The van der Waals surface area contributed by atoms with Crippen molar-refractivity contribution in [3.8, 4) is 0 Å². The van der Waals surface area contributed by atoms with Crippen LogP contribution in [0.1, 0.15) is 42.1 Å². The van der Waals surface area contributed by atoms with Crippen LogP contribution in [0.25, 0.3) is 0 Å². The van der Waals surface area contributed by atoms with E-state index in [1.165, 1.54) is 11.3 Å². The summed E-state index contributed by atoms with van der Waals surface area (Å²) in [6.45, 7) is 6.00. The number of aliphatic hydroxyl groups is 2. The molecule has 0 aliphatic heterocycles. The summed E-state index contributed by atoms with van der Waals surface area (Å²) in [4.78, 5) is 0.908. The third-order valence-corrected chi connectivity index (χ3v) is 5.53. The summed E-state index contributed by atoms with van der Waals surface area (Å²) in [6, 6.07) is 5.20. The molecule has 0 aliphatic rings. The van der Waals surface area contributed by atoms with Crippen molar-refractivity contribution in [1.82, 2.24) is 5.32 Å². The van der Waals surface area contributed by atoms with Crippen LogP contribution < -0.4 is 9.88 Å². The number of rotatable bonds is 6. The number of halogens is 2. The zero-order valence-corrected chi connectivity index (χ0v) is 15.6. The monoisotopic (exact) mass is 375 g/mol. The molecule has 4 nitrogen and oxygen atoms in total. The van der Waals surface area contributed by atoms with E-state index in [0.29, 0.717) is 16.6 Å². The number of hydrogen-bond donors (Lipinski definition) is 3. The molecule has 0 fully saturated rings. The van der Waals surface area contributed by atoms with E-state index in [2.05, 4.69) is 5.32 Å². The smallest absolute Gasteiger partial charge is 0.225 e. The SMILES string of the molecule is Cc1c(C(C)O)sc[n+]1CC(O)NC(C)c1ccc(Cl)cc1Cl. The average Bonchev–Trinajstić information content (AvgIpc) is 2.79. The normalized spacial score (nSPS) is 15.4. The Bertz CT molecular complexity index is 676. The molecule has 0 bridgehead atoms. The molecule has 3 N–H and O–H groups in total. The van der Waals surface area contributed by atoms with E-state index in [4.69, 9.17) is 23.2 Å². The molecule has 1 aromatic heterocycles. The first-order valence-corrected chi connectivity index (χ1v) is 8.97. The van der Waals surface area contributed by atoms with Gasteiger partial charge in [-0.2, -0.15) is 4.57 Å². The summed E-state index contributed by atoms with van der Waals surface area (Å²) in [5.74, 6) is 0. The van der Waals surface area contributed by atoms with Gasteiger partial charge in [-0.05, 0) is 31.5 Å². The van der Waals surface area contributed by atoms with E-state index < -0.39 is 12.3 Å². The molecule has 3 unspecified atom stereocenters. The van der Waals surface area contributed by atoms with E-state index in [-0.39, 0.29) is 6.04 Å². The number of hydrogen-bond acceptors (Lipinski definition) is 4. The Hall–Kier alpha value is -0.690. The minimum atomic E-state index is -0.739. The predicted molar refractivity (Wildman–Crippen MR) is 93.9 cm³/mol. The maximum Gasteiger partial charge on any atom is 0.225 e. The highest BCUT2D eigenvalue weighted by molar-refractivity contribution is 7.09. The third-order valence-electron chi connectivity index (χ3n) is 3.71. The number of thiazole rings is 1. The van der Waals surface area contributed by atoms with Gasteiger partial charge in [0.1, 0.15) is 4.88 Å². The predicted octanol–water partition coefficient (Wildman–Crippen LogP) is 3.37. The van der Waals surface area contributed by atoms with Gasteiger partial charge < -0.3 is 10.2 Å². The van der Waals surface area contributed by atoms with Crippen molar-refractivity contribution in [3.05, 3.63) is 49.9 Å². The Morgan fingerprint density at radius 2 is 1.96 bits per heavy atom. The van der Waals surface area contributed by atoms with Crippen LogP contribution >= 0.6 is 34.5 Å². The summed E-state index contributed by atoms with van der Waals surface area (Å²) < 4.78 is 1.93. The van der Waals surface area contributed by atoms with Crippen LogP contribution in [0.3, 0.4) is 0 Å². The maximum absolute atomic E-state index is 10.3. The van der Waals surface area contributed by atoms with Gasteiger partial charge >= 0.3 is 0 Å². The first kappa shape index (κ1) is 18.6. The van der Waals surface area contributed by atoms with Crippen molar-refractivity contribution in [2.45, 2.75) is 45.7 Å². The number of benzene rings is 1. The lowest BCUT2D eigenvalue weighted by Crippen LogP contribution is -2.47. The average molecular weight is 376 g/mol. The molecular weight excluding hydrogens is 355 g/mol. The lowest BCUT2D eigenvalue weighted by molar-refractivity contribution is -0.706. The van der Waals surface area contributed by atoms with Crippen LogP contribution in [0.15, 0.2) is 23.7 Å². The second kappa shape index (κ2) is 7.92. The topological polar surface area (TPSA) is 56.4 Å². The van der Waals surface area contributed by atoms with Crippen molar-refractivity contribution >= 4 is 34.5 Å². The standard InChI is InChI=1S/C16H21Cl2N2O2S/c1-9(13-5-4-12(17)6-14(13)18)19-15(22)7-20-8-23-16(10(20)2)11(3)21/h4-6,8-9,11,15,19,21-22H,7H2,1-3H3/q+1. The Labute approximate surface area is 150 Å². The van der Waals surface area contributed by atoms with Crippen molar-refractivity contribution in [2.24, 2.45) is 0 Å². The van der Waals surface area contributed by atoms with Gasteiger partial charge in [0.15, 0.2) is 18.5 Å². The fraction of sp³-hybridized carbons (Fsp3) is 0.438. The van der Waals surface area contributed by atoms with Gasteiger partial charge in [0.2, 0.25) is 5.51 Å². The first-order chi connectivity index (χ1) is 10.8. The maximum atomic E-state index is 10.3. The molecule has 126 valence electrons. The largest absolute Gasteiger partial charge is 0.388 e. The van der Waals surface area contributed by atoms with E-state index in [0.717, 1.165) is 16.1 Å². The second-order valence-electron chi connectivity index (χ2n) is 5.57. The van der Waals surface area contributed by atoms with E-state index >= 15 is 0 Å². The lowest BCUT2D eigenvalue weighted by atomic mass is 10.1. The Balaban J connectivity index is 2.03. The van der Waals surface area contributed by atoms with Gasteiger partial charge in [0.05, 0.1) is 6.10 Å². The van der Waals surface area contributed by atoms with Gasteiger partial charge in [-0.25, -0.2) is 0 Å². The molecule has 7 heteroatoms. The number of aliphatic hydroxyl groups excluding tert-OH is 2. The van der Waals surface area contributed by atoms with Crippen molar-refractivity contribution in [1.29, 1.82) is 0 Å². The van der Waals surface area contributed by atoms with Crippen LogP contribution in [-0.2, 0) is 6.54 Å². The van der Waals surface area contributed by atoms with Gasteiger partial charge in [-0.15, -0.1) is 0 Å². The molecule has 1 heterocycles.